The lowest BCUT2D eigenvalue weighted by Gasteiger charge is -2.10. The molecule has 0 aliphatic heterocycles. The highest BCUT2D eigenvalue weighted by Crippen LogP contribution is 2.27. The summed E-state index contributed by atoms with van der Waals surface area (Å²) in [6.45, 7) is 0.441. The van der Waals surface area contributed by atoms with Crippen LogP contribution in [0.15, 0.2) is 67.0 Å². The number of aromatic nitrogens is 1. The summed E-state index contributed by atoms with van der Waals surface area (Å²) in [6.07, 6.45) is 3.12. The molecule has 2 N–H and O–H groups in total. The molecule has 27 heavy (non-hydrogen) atoms. The van der Waals surface area contributed by atoms with Crippen molar-refractivity contribution < 1.29 is 9.72 Å². The Morgan fingerprint density at radius 1 is 1.11 bits per heavy atom. The van der Waals surface area contributed by atoms with Crippen molar-refractivity contribution in [3.63, 3.8) is 0 Å². The number of anilines is 2. The van der Waals surface area contributed by atoms with Crippen LogP contribution in [0, 0.1) is 10.1 Å². The molecule has 1 heterocycles. The van der Waals surface area contributed by atoms with Crippen molar-refractivity contribution in [3.05, 3.63) is 93.3 Å². The van der Waals surface area contributed by atoms with Crippen molar-refractivity contribution in [2.45, 2.75) is 6.54 Å². The van der Waals surface area contributed by atoms with Gasteiger partial charge in [-0.2, -0.15) is 0 Å². The Bertz CT molecular complexity index is 980. The quantitative estimate of drug-likeness (QED) is 0.483. The Balaban J connectivity index is 1.66. The average molecular weight is 383 g/mol. The molecule has 0 saturated carbocycles. The van der Waals surface area contributed by atoms with Gasteiger partial charge in [-0.05, 0) is 35.9 Å². The summed E-state index contributed by atoms with van der Waals surface area (Å²) in [5.74, 6) is -0.221. The van der Waals surface area contributed by atoms with Crippen LogP contribution < -0.4 is 10.6 Å². The second kappa shape index (κ2) is 8.29. The predicted octanol–water partition coefficient (Wildman–Crippen LogP) is 4.51. The van der Waals surface area contributed by atoms with E-state index < -0.39 is 4.92 Å². The van der Waals surface area contributed by atoms with Crippen molar-refractivity contribution in [1.82, 2.24) is 4.98 Å². The molecular weight excluding hydrogens is 368 g/mol. The molecule has 2 aromatic carbocycles. The highest BCUT2D eigenvalue weighted by molar-refractivity contribution is 6.33. The lowest BCUT2D eigenvalue weighted by molar-refractivity contribution is -0.384. The maximum Gasteiger partial charge on any atom is 0.271 e. The molecule has 136 valence electrons. The smallest absolute Gasteiger partial charge is 0.271 e. The van der Waals surface area contributed by atoms with E-state index >= 15 is 0 Å². The molecule has 0 aliphatic rings. The SMILES string of the molecule is O=C(Nc1cccc(CNc2ccc([N+](=O)[O-])cc2Cl)c1)c1ccncc1. The fourth-order valence-electron chi connectivity index (χ4n) is 2.42. The Labute approximate surface area is 160 Å². The van der Waals surface area contributed by atoms with E-state index in [4.69, 9.17) is 11.6 Å². The number of nitrogens with zero attached hydrogens (tertiary/aromatic N) is 2. The minimum Gasteiger partial charge on any atom is -0.380 e. The third-order valence-corrected chi connectivity index (χ3v) is 4.09. The van der Waals surface area contributed by atoms with Gasteiger partial charge in [0, 0.05) is 42.3 Å². The third-order valence-electron chi connectivity index (χ3n) is 3.77. The summed E-state index contributed by atoms with van der Waals surface area (Å²) in [5, 5.41) is 17.0. The minimum absolute atomic E-state index is 0.0635. The molecule has 0 fully saturated rings. The highest BCUT2D eigenvalue weighted by Gasteiger charge is 2.10. The molecule has 0 bridgehead atoms. The fraction of sp³-hybridized carbons (Fsp3) is 0.0526. The molecule has 1 amide bonds. The number of hydrogen-bond donors (Lipinski definition) is 2. The molecular formula is C19H15ClN4O3. The third kappa shape index (κ3) is 4.80. The molecule has 0 atom stereocenters. The van der Waals surface area contributed by atoms with Crippen LogP contribution in [-0.2, 0) is 6.54 Å². The van der Waals surface area contributed by atoms with Crippen molar-refractivity contribution in [1.29, 1.82) is 0 Å². The van der Waals surface area contributed by atoms with Gasteiger partial charge >= 0.3 is 0 Å². The zero-order valence-corrected chi connectivity index (χ0v) is 14.8. The fourth-order valence-corrected chi connectivity index (χ4v) is 2.67. The van der Waals surface area contributed by atoms with E-state index in [-0.39, 0.29) is 16.6 Å². The first-order chi connectivity index (χ1) is 13.0. The molecule has 0 aliphatic carbocycles. The number of benzene rings is 2. The van der Waals surface area contributed by atoms with Gasteiger partial charge < -0.3 is 10.6 Å². The number of rotatable bonds is 6. The van der Waals surface area contributed by atoms with Gasteiger partial charge in [0.1, 0.15) is 0 Å². The zero-order chi connectivity index (χ0) is 19.2. The van der Waals surface area contributed by atoms with Gasteiger partial charge in [-0.1, -0.05) is 23.7 Å². The van der Waals surface area contributed by atoms with E-state index in [1.165, 1.54) is 12.1 Å². The summed E-state index contributed by atoms with van der Waals surface area (Å²) in [4.78, 5) is 26.4. The van der Waals surface area contributed by atoms with Crippen molar-refractivity contribution in [2.24, 2.45) is 0 Å². The number of carbonyl (C=O) groups excluding carboxylic acids is 1. The Hall–Kier alpha value is -3.45. The van der Waals surface area contributed by atoms with Gasteiger partial charge in [-0.15, -0.1) is 0 Å². The van der Waals surface area contributed by atoms with Crippen molar-refractivity contribution in [3.8, 4) is 0 Å². The maximum atomic E-state index is 12.2. The largest absolute Gasteiger partial charge is 0.380 e. The van der Waals surface area contributed by atoms with Gasteiger partial charge in [0.25, 0.3) is 11.6 Å². The second-order valence-corrected chi connectivity index (χ2v) is 6.07. The monoisotopic (exact) mass is 382 g/mol. The van der Waals surface area contributed by atoms with Crippen molar-refractivity contribution >= 4 is 34.6 Å². The van der Waals surface area contributed by atoms with Gasteiger partial charge in [-0.25, -0.2) is 0 Å². The Kier molecular flexibility index (Phi) is 5.63. The second-order valence-electron chi connectivity index (χ2n) is 5.67. The number of carbonyl (C=O) groups is 1. The number of halogens is 1. The molecule has 3 aromatic rings. The number of nitro groups is 1. The van der Waals surface area contributed by atoms with Gasteiger partial charge in [-0.3, -0.25) is 19.9 Å². The van der Waals surface area contributed by atoms with E-state index in [1.54, 1.807) is 36.7 Å². The lowest BCUT2D eigenvalue weighted by atomic mass is 10.1. The molecule has 7 nitrogen and oxygen atoms in total. The van der Waals surface area contributed by atoms with Crippen LogP contribution in [0.3, 0.4) is 0 Å². The minimum atomic E-state index is -0.495. The number of hydrogen-bond acceptors (Lipinski definition) is 5. The molecule has 0 unspecified atom stereocenters. The molecule has 0 spiro atoms. The standard InChI is InChI=1S/C19H15ClN4O3/c20-17-11-16(24(26)27)4-5-18(17)22-12-13-2-1-3-15(10-13)23-19(25)14-6-8-21-9-7-14/h1-11,22H,12H2,(H,23,25). The number of pyridine rings is 1. The predicted molar refractivity (Wildman–Crippen MR) is 104 cm³/mol. The first-order valence-corrected chi connectivity index (χ1v) is 8.39. The Morgan fingerprint density at radius 2 is 1.89 bits per heavy atom. The van der Waals surface area contributed by atoms with E-state index in [1.807, 2.05) is 18.2 Å². The first kappa shape index (κ1) is 18.3. The topological polar surface area (TPSA) is 97.2 Å². The van der Waals surface area contributed by atoms with E-state index in [0.717, 1.165) is 5.56 Å². The van der Waals surface area contributed by atoms with Crippen LogP contribution >= 0.6 is 11.6 Å². The highest BCUT2D eigenvalue weighted by atomic mass is 35.5. The lowest BCUT2D eigenvalue weighted by Crippen LogP contribution is -2.12. The van der Waals surface area contributed by atoms with Crippen LogP contribution in [0.4, 0.5) is 17.1 Å². The van der Waals surface area contributed by atoms with E-state index in [2.05, 4.69) is 15.6 Å². The summed E-state index contributed by atoms with van der Waals surface area (Å²) < 4.78 is 0. The summed E-state index contributed by atoms with van der Waals surface area (Å²) >= 11 is 6.08. The van der Waals surface area contributed by atoms with Crippen LogP contribution in [0.5, 0.6) is 0 Å². The molecule has 1 aromatic heterocycles. The van der Waals surface area contributed by atoms with E-state index in [9.17, 15) is 14.9 Å². The number of nitro benzene ring substituents is 1. The summed E-state index contributed by atoms with van der Waals surface area (Å²) in [7, 11) is 0. The van der Waals surface area contributed by atoms with Crippen LogP contribution in [0.2, 0.25) is 5.02 Å². The van der Waals surface area contributed by atoms with E-state index in [0.29, 0.717) is 23.5 Å². The van der Waals surface area contributed by atoms with Crippen molar-refractivity contribution in [2.75, 3.05) is 10.6 Å². The molecule has 8 heteroatoms. The number of amides is 1. The summed E-state index contributed by atoms with van der Waals surface area (Å²) in [6, 6.07) is 14.9. The van der Waals surface area contributed by atoms with Crippen LogP contribution in [0.1, 0.15) is 15.9 Å². The normalized spacial score (nSPS) is 10.3. The van der Waals surface area contributed by atoms with Gasteiger partial charge in [0.05, 0.1) is 15.6 Å². The average Bonchev–Trinajstić information content (AvgIpc) is 2.68. The molecule has 0 saturated heterocycles. The summed E-state index contributed by atoms with van der Waals surface area (Å²) in [5.41, 5.74) is 2.62. The van der Waals surface area contributed by atoms with Crippen LogP contribution in [0.25, 0.3) is 0 Å². The number of non-ortho nitro benzene ring substituents is 1. The zero-order valence-electron chi connectivity index (χ0n) is 14.1. The maximum absolute atomic E-state index is 12.2. The van der Waals surface area contributed by atoms with Gasteiger partial charge in [0.2, 0.25) is 0 Å². The Morgan fingerprint density at radius 3 is 2.59 bits per heavy atom. The first-order valence-electron chi connectivity index (χ1n) is 8.01. The van der Waals surface area contributed by atoms with Gasteiger partial charge in [0.15, 0.2) is 0 Å². The molecule has 3 rings (SSSR count). The molecule has 0 radical (unpaired) electrons. The van der Waals surface area contributed by atoms with Crippen LogP contribution in [-0.4, -0.2) is 15.8 Å². The number of nitrogens with one attached hydrogen (secondary N) is 2.